The summed E-state index contributed by atoms with van der Waals surface area (Å²) in [4.78, 5) is 7.97. The van der Waals surface area contributed by atoms with Gasteiger partial charge in [0.25, 0.3) is 0 Å². The topological polar surface area (TPSA) is 47.0 Å². The molecule has 0 unspecified atom stereocenters. The Morgan fingerprint density at radius 1 is 1.12 bits per heavy atom. The summed E-state index contributed by atoms with van der Waals surface area (Å²) in [5.74, 6) is 0. The molecule has 1 N–H and O–H groups in total. The average Bonchev–Trinajstić information content (AvgIpc) is 2.85. The molecule has 2 aromatic rings. The Bertz CT molecular complexity index is 513. The lowest BCUT2D eigenvalue weighted by atomic mass is 10.1. The number of hydrogen-bond acceptors (Lipinski definition) is 4. The Morgan fingerprint density at radius 2 is 1.94 bits per heavy atom. The summed E-state index contributed by atoms with van der Waals surface area (Å²) < 4.78 is 5.38. The minimum atomic E-state index is 0.722. The van der Waals surface area contributed by atoms with Crippen molar-refractivity contribution in [1.82, 2.24) is 9.97 Å². The van der Waals surface area contributed by atoms with Crippen LogP contribution in [0.2, 0.25) is 0 Å². The van der Waals surface area contributed by atoms with Crippen LogP contribution in [-0.2, 0) is 24.5 Å². The van der Waals surface area contributed by atoms with Gasteiger partial charge in [0.05, 0.1) is 13.2 Å². The number of fused-ring (bicyclic) bond motifs is 1. The van der Waals surface area contributed by atoms with Crippen molar-refractivity contribution in [3.63, 3.8) is 0 Å². The lowest BCUT2D eigenvalue weighted by Crippen LogP contribution is -2.00. The van der Waals surface area contributed by atoms with E-state index in [1.165, 1.54) is 17.5 Å². The molecule has 2 heterocycles. The lowest BCUT2D eigenvalue weighted by molar-refractivity contribution is 0.134. The van der Waals surface area contributed by atoms with Crippen molar-refractivity contribution in [2.24, 2.45) is 0 Å². The Balaban J connectivity index is 1.70. The highest BCUT2D eigenvalue weighted by Crippen LogP contribution is 2.23. The Labute approximate surface area is 99.7 Å². The summed E-state index contributed by atoms with van der Waals surface area (Å²) in [5.41, 5.74) is 4.75. The van der Waals surface area contributed by atoms with E-state index in [9.17, 15) is 0 Å². The van der Waals surface area contributed by atoms with Gasteiger partial charge in [0.1, 0.15) is 6.33 Å². The first-order chi connectivity index (χ1) is 8.42. The van der Waals surface area contributed by atoms with Crippen LogP contribution in [0, 0.1) is 0 Å². The molecule has 1 aliphatic rings. The Morgan fingerprint density at radius 3 is 2.82 bits per heavy atom. The normalized spacial score (nSPS) is 13.4. The van der Waals surface area contributed by atoms with Crippen LogP contribution in [0.5, 0.6) is 0 Å². The number of hydrogen-bond donors (Lipinski definition) is 1. The number of ether oxygens (including phenoxy) is 1. The molecule has 0 aliphatic carbocycles. The van der Waals surface area contributed by atoms with E-state index in [4.69, 9.17) is 4.74 Å². The zero-order valence-corrected chi connectivity index (χ0v) is 9.39. The first-order valence-electron chi connectivity index (χ1n) is 5.59. The molecule has 86 valence electrons. The van der Waals surface area contributed by atoms with Crippen molar-refractivity contribution < 1.29 is 4.74 Å². The van der Waals surface area contributed by atoms with Gasteiger partial charge < -0.3 is 10.1 Å². The predicted octanol–water partition coefficient (Wildman–Crippen LogP) is 2.12. The van der Waals surface area contributed by atoms with Crippen molar-refractivity contribution in [2.75, 3.05) is 5.32 Å². The third-order valence-electron chi connectivity index (χ3n) is 2.83. The smallest absolute Gasteiger partial charge is 0.115 e. The zero-order chi connectivity index (χ0) is 11.5. The van der Waals surface area contributed by atoms with E-state index in [2.05, 4.69) is 33.5 Å². The molecule has 0 saturated heterocycles. The van der Waals surface area contributed by atoms with Crippen molar-refractivity contribution in [1.29, 1.82) is 0 Å². The van der Waals surface area contributed by atoms with Crippen LogP contribution in [0.3, 0.4) is 0 Å². The van der Waals surface area contributed by atoms with Crippen LogP contribution in [0.1, 0.15) is 16.7 Å². The third-order valence-corrected chi connectivity index (χ3v) is 2.83. The van der Waals surface area contributed by atoms with Gasteiger partial charge in [0.15, 0.2) is 0 Å². The first-order valence-corrected chi connectivity index (χ1v) is 5.59. The molecular weight excluding hydrogens is 214 g/mol. The fourth-order valence-corrected chi connectivity index (χ4v) is 1.91. The molecule has 0 saturated carbocycles. The van der Waals surface area contributed by atoms with Gasteiger partial charge in [-0.1, -0.05) is 6.07 Å². The molecule has 17 heavy (non-hydrogen) atoms. The number of anilines is 1. The van der Waals surface area contributed by atoms with Gasteiger partial charge in [0.2, 0.25) is 0 Å². The lowest BCUT2D eigenvalue weighted by Gasteiger charge is -2.07. The van der Waals surface area contributed by atoms with E-state index in [0.717, 1.165) is 31.0 Å². The maximum atomic E-state index is 5.38. The minimum absolute atomic E-state index is 0.722. The largest absolute Gasteiger partial charge is 0.381 e. The second-order valence-corrected chi connectivity index (χ2v) is 4.08. The van der Waals surface area contributed by atoms with Crippen LogP contribution < -0.4 is 5.32 Å². The second kappa shape index (κ2) is 4.51. The monoisotopic (exact) mass is 227 g/mol. The highest BCUT2D eigenvalue weighted by Gasteiger charge is 2.10. The highest BCUT2D eigenvalue weighted by molar-refractivity contribution is 5.49. The van der Waals surface area contributed by atoms with Gasteiger partial charge in [-0.05, 0) is 23.3 Å². The maximum Gasteiger partial charge on any atom is 0.115 e. The summed E-state index contributed by atoms with van der Waals surface area (Å²) in [6.45, 7) is 2.20. The highest BCUT2D eigenvalue weighted by atomic mass is 16.5. The van der Waals surface area contributed by atoms with Crippen molar-refractivity contribution in [2.45, 2.75) is 19.8 Å². The molecule has 3 rings (SSSR count). The van der Waals surface area contributed by atoms with E-state index >= 15 is 0 Å². The molecule has 1 aliphatic heterocycles. The maximum absolute atomic E-state index is 5.38. The van der Waals surface area contributed by atoms with Crippen LogP contribution in [0.15, 0.2) is 36.9 Å². The molecule has 0 bridgehead atoms. The molecule has 0 spiro atoms. The summed E-state index contributed by atoms with van der Waals surface area (Å²) in [6.07, 6.45) is 5.17. The van der Waals surface area contributed by atoms with Crippen LogP contribution in [0.25, 0.3) is 0 Å². The van der Waals surface area contributed by atoms with E-state index in [1.807, 2.05) is 12.4 Å². The van der Waals surface area contributed by atoms with E-state index in [1.54, 1.807) is 0 Å². The number of nitrogens with one attached hydrogen (secondary N) is 1. The fraction of sp³-hybridized carbons (Fsp3) is 0.231. The number of nitrogens with zero attached hydrogens (tertiary/aromatic N) is 2. The van der Waals surface area contributed by atoms with Gasteiger partial charge in [-0.15, -0.1) is 0 Å². The van der Waals surface area contributed by atoms with Crippen LogP contribution >= 0.6 is 0 Å². The summed E-state index contributed by atoms with van der Waals surface area (Å²) in [6, 6.07) is 6.34. The molecule has 4 heteroatoms. The van der Waals surface area contributed by atoms with E-state index < -0.39 is 0 Å². The van der Waals surface area contributed by atoms with Crippen molar-refractivity contribution >= 4 is 5.69 Å². The molecular formula is C13H13N3O. The number of rotatable bonds is 3. The van der Waals surface area contributed by atoms with Gasteiger partial charge in [-0.3, -0.25) is 0 Å². The second-order valence-electron chi connectivity index (χ2n) is 4.08. The first kappa shape index (κ1) is 10.2. The summed E-state index contributed by atoms with van der Waals surface area (Å²) in [7, 11) is 0. The van der Waals surface area contributed by atoms with E-state index in [-0.39, 0.29) is 0 Å². The molecule has 0 amide bonds. The Kier molecular flexibility index (Phi) is 2.71. The Hall–Kier alpha value is -1.94. The molecule has 0 radical (unpaired) electrons. The SMILES string of the molecule is c1ncc(CNc2ccc3c(c2)COC3)cn1. The third kappa shape index (κ3) is 2.26. The van der Waals surface area contributed by atoms with Crippen LogP contribution in [0.4, 0.5) is 5.69 Å². The molecule has 0 atom stereocenters. The minimum Gasteiger partial charge on any atom is -0.381 e. The van der Waals surface area contributed by atoms with Gasteiger partial charge in [0, 0.05) is 30.2 Å². The van der Waals surface area contributed by atoms with Gasteiger partial charge in [-0.25, -0.2) is 9.97 Å². The average molecular weight is 227 g/mol. The molecule has 0 fully saturated rings. The predicted molar refractivity (Wildman–Crippen MR) is 64.3 cm³/mol. The van der Waals surface area contributed by atoms with Crippen molar-refractivity contribution in [3.8, 4) is 0 Å². The van der Waals surface area contributed by atoms with Gasteiger partial charge in [-0.2, -0.15) is 0 Å². The fourth-order valence-electron chi connectivity index (χ4n) is 1.91. The van der Waals surface area contributed by atoms with Gasteiger partial charge >= 0.3 is 0 Å². The standard InChI is InChI=1S/C13H13N3O/c1-2-13(3-12-8-17-7-11(1)12)16-6-10-4-14-9-15-5-10/h1-5,9,16H,6-8H2. The number of aromatic nitrogens is 2. The van der Waals surface area contributed by atoms with E-state index in [0.29, 0.717) is 0 Å². The molecule has 1 aromatic heterocycles. The zero-order valence-electron chi connectivity index (χ0n) is 9.39. The number of benzene rings is 1. The van der Waals surface area contributed by atoms with Crippen LogP contribution in [-0.4, -0.2) is 9.97 Å². The molecule has 4 nitrogen and oxygen atoms in total. The summed E-state index contributed by atoms with van der Waals surface area (Å²) >= 11 is 0. The quantitative estimate of drug-likeness (QED) is 0.872. The molecule has 1 aromatic carbocycles. The van der Waals surface area contributed by atoms with Crippen molar-refractivity contribution in [3.05, 3.63) is 53.6 Å². The summed E-state index contributed by atoms with van der Waals surface area (Å²) in [5, 5.41) is 3.36.